The Balaban J connectivity index is 1.47. The molecule has 5 amide bonds. The van der Waals surface area contributed by atoms with Gasteiger partial charge in [-0.15, -0.1) is 0 Å². The Labute approximate surface area is 322 Å². The second-order valence-electron chi connectivity index (χ2n) is 15.6. The van der Waals surface area contributed by atoms with Crippen LogP contribution in [-0.4, -0.2) is 108 Å². The van der Waals surface area contributed by atoms with Crippen molar-refractivity contribution in [1.29, 1.82) is 0 Å². The molecule has 15 heteroatoms. The molecule has 0 aromatic heterocycles. The molecule has 0 aliphatic carbocycles. The number of halogens is 2. The van der Waals surface area contributed by atoms with E-state index in [4.69, 9.17) is 17.2 Å². The predicted octanol–water partition coefficient (Wildman–Crippen LogP) is 1.47. The fraction of sp³-hybridized carbons (Fsp3) is 0.575. The summed E-state index contributed by atoms with van der Waals surface area (Å²) < 4.78 is 31.0. The highest BCUT2D eigenvalue weighted by Crippen LogP contribution is 2.50. The van der Waals surface area contributed by atoms with E-state index in [1.165, 1.54) is 11.8 Å². The van der Waals surface area contributed by atoms with Crippen molar-refractivity contribution in [2.45, 2.75) is 102 Å². The van der Waals surface area contributed by atoms with E-state index in [1.807, 2.05) is 74.5 Å². The Bertz CT molecular complexity index is 1610. The van der Waals surface area contributed by atoms with Crippen molar-refractivity contribution in [2.75, 3.05) is 32.7 Å². The summed E-state index contributed by atoms with van der Waals surface area (Å²) in [4.78, 5) is 69.8. The number of hydrogen-bond acceptors (Lipinski definition) is 8. The number of benzene rings is 2. The molecule has 2 aliphatic rings. The molecule has 0 radical (unpaired) electrons. The summed E-state index contributed by atoms with van der Waals surface area (Å²) in [7, 11) is 0. The van der Waals surface area contributed by atoms with Crippen molar-refractivity contribution < 1.29 is 32.8 Å². The van der Waals surface area contributed by atoms with Crippen LogP contribution in [0.15, 0.2) is 60.7 Å². The SMILES string of the molecule is CC(C)CC(NC(=O)[C@@H](Cc1ccccc1)NC(=O)[C@H](N)Cc1ccccc1)C(=O)N[C@H](CCCCN)C(=O)N1CC2(CCN(C(=O)[C@@H](C)N)CC2(F)F)C1. The van der Waals surface area contributed by atoms with Gasteiger partial charge in [0.1, 0.15) is 18.1 Å². The Morgan fingerprint density at radius 2 is 1.25 bits per heavy atom. The summed E-state index contributed by atoms with van der Waals surface area (Å²) in [6.45, 7) is 4.48. The van der Waals surface area contributed by atoms with E-state index >= 15 is 8.78 Å². The number of unbranched alkanes of at least 4 members (excludes halogenated alkanes) is 1. The Morgan fingerprint density at radius 1 is 0.709 bits per heavy atom. The number of amides is 5. The highest BCUT2D eigenvalue weighted by molar-refractivity contribution is 5.95. The molecule has 5 atom stereocenters. The summed E-state index contributed by atoms with van der Waals surface area (Å²) >= 11 is 0. The predicted molar refractivity (Wildman–Crippen MR) is 205 cm³/mol. The second-order valence-corrected chi connectivity index (χ2v) is 15.6. The van der Waals surface area contributed by atoms with Crippen LogP contribution in [0.2, 0.25) is 0 Å². The summed E-state index contributed by atoms with van der Waals surface area (Å²) in [6.07, 6.45) is 1.89. The Morgan fingerprint density at radius 3 is 1.80 bits per heavy atom. The first kappa shape index (κ1) is 43.3. The van der Waals surface area contributed by atoms with E-state index < -0.39 is 77.6 Å². The average molecular weight is 769 g/mol. The third-order valence-electron chi connectivity index (χ3n) is 10.5. The maximum atomic E-state index is 15.5. The summed E-state index contributed by atoms with van der Waals surface area (Å²) in [5, 5.41) is 8.41. The minimum absolute atomic E-state index is 0.00672. The van der Waals surface area contributed by atoms with Crippen molar-refractivity contribution in [3.05, 3.63) is 71.8 Å². The number of carbonyl (C=O) groups is 5. The molecule has 2 aromatic rings. The van der Waals surface area contributed by atoms with Gasteiger partial charge in [-0.05, 0) is 69.0 Å². The first-order valence-electron chi connectivity index (χ1n) is 19.2. The van der Waals surface area contributed by atoms with Crippen molar-refractivity contribution in [3.8, 4) is 0 Å². The van der Waals surface area contributed by atoms with Crippen molar-refractivity contribution in [2.24, 2.45) is 28.5 Å². The van der Waals surface area contributed by atoms with Gasteiger partial charge in [-0.1, -0.05) is 74.5 Å². The van der Waals surface area contributed by atoms with Gasteiger partial charge in [0.25, 0.3) is 5.92 Å². The lowest BCUT2D eigenvalue weighted by molar-refractivity contribution is -0.225. The number of nitrogens with one attached hydrogen (secondary N) is 3. The lowest BCUT2D eigenvalue weighted by atomic mass is 9.68. The number of rotatable bonds is 18. The topological polar surface area (TPSA) is 206 Å². The van der Waals surface area contributed by atoms with Crippen LogP contribution in [0.1, 0.15) is 64.0 Å². The van der Waals surface area contributed by atoms with E-state index in [-0.39, 0.29) is 57.7 Å². The van der Waals surface area contributed by atoms with Gasteiger partial charge in [-0.3, -0.25) is 24.0 Å². The zero-order valence-corrected chi connectivity index (χ0v) is 32.1. The van der Waals surface area contributed by atoms with Gasteiger partial charge in [-0.2, -0.15) is 0 Å². The summed E-state index contributed by atoms with van der Waals surface area (Å²) in [5.41, 5.74) is 17.8. The Hall–Kier alpha value is -4.47. The largest absolute Gasteiger partial charge is 0.343 e. The average Bonchev–Trinajstić information content (AvgIpc) is 3.12. The van der Waals surface area contributed by atoms with E-state index in [1.54, 1.807) is 0 Å². The lowest BCUT2D eigenvalue weighted by Crippen LogP contribution is -2.73. The van der Waals surface area contributed by atoms with Gasteiger partial charge >= 0.3 is 0 Å². The number of hydrogen-bond donors (Lipinski definition) is 6. The van der Waals surface area contributed by atoms with Gasteiger partial charge in [0.15, 0.2) is 0 Å². The zero-order valence-electron chi connectivity index (χ0n) is 32.1. The molecule has 2 saturated heterocycles. The number of alkyl halides is 2. The number of carbonyl (C=O) groups excluding carboxylic acids is 5. The molecule has 2 fully saturated rings. The molecule has 55 heavy (non-hydrogen) atoms. The third-order valence-corrected chi connectivity index (χ3v) is 10.5. The van der Waals surface area contributed by atoms with Crippen LogP contribution in [0.25, 0.3) is 0 Å². The van der Waals surface area contributed by atoms with Gasteiger partial charge in [0, 0.05) is 26.1 Å². The minimum Gasteiger partial charge on any atom is -0.343 e. The molecule has 302 valence electrons. The standard InChI is InChI=1S/C40H58F2N8O5/c1-26(2)20-32(48-36(53)33(22-29-14-8-5-9-15-29)47-34(51)30(45)21-28-12-6-4-7-13-28)35(52)46-31(16-10-11-18-43)38(55)50-23-39(24-50)17-19-49(25-40(39,41)42)37(54)27(3)44/h4-9,12-15,26-27,30-33H,10-11,16-25,43-45H2,1-3H3,(H,46,52)(H,47,51)(H,48,53)/t27-,30-,31-,32?,33-/m1/s1. The number of nitrogens with zero attached hydrogens (tertiary/aromatic N) is 2. The third kappa shape index (κ3) is 11.5. The first-order valence-corrected chi connectivity index (χ1v) is 19.2. The lowest BCUT2D eigenvalue weighted by Gasteiger charge is -2.57. The highest BCUT2D eigenvalue weighted by atomic mass is 19.3. The maximum Gasteiger partial charge on any atom is 0.274 e. The molecule has 1 unspecified atom stereocenters. The van der Waals surface area contributed by atoms with E-state index in [0.717, 1.165) is 16.0 Å². The van der Waals surface area contributed by atoms with E-state index in [2.05, 4.69) is 16.0 Å². The monoisotopic (exact) mass is 768 g/mol. The van der Waals surface area contributed by atoms with Crippen LogP contribution >= 0.6 is 0 Å². The fourth-order valence-electron chi connectivity index (χ4n) is 7.24. The van der Waals surface area contributed by atoms with Gasteiger partial charge in [0.05, 0.1) is 24.0 Å². The van der Waals surface area contributed by atoms with Crippen LogP contribution in [-0.2, 0) is 36.8 Å². The van der Waals surface area contributed by atoms with Crippen molar-refractivity contribution in [3.63, 3.8) is 0 Å². The van der Waals surface area contributed by atoms with Gasteiger partial charge in [0.2, 0.25) is 29.5 Å². The second kappa shape index (κ2) is 19.4. The van der Waals surface area contributed by atoms with Crippen LogP contribution in [0.3, 0.4) is 0 Å². The quantitative estimate of drug-likeness (QED) is 0.122. The normalized spacial score (nSPS) is 18.7. The fourth-order valence-corrected chi connectivity index (χ4v) is 7.24. The molecule has 2 aliphatic heterocycles. The zero-order chi connectivity index (χ0) is 40.3. The van der Waals surface area contributed by atoms with Crippen LogP contribution in [0.4, 0.5) is 8.78 Å². The van der Waals surface area contributed by atoms with E-state index in [9.17, 15) is 24.0 Å². The number of likely N-dealkylation sites (tertiary alicyclic amines) is 2. The molecule has 1 spiro atoms. The van der Waals surface area contributed by atoms with Crippen LogP contribution in [0.5, 0.6) is 0 Å². The molecule has 2 aromatic carbocycles. The molecular formula is C40H58F2N8O5. The first-order chi connectivity index (χ1) is 26.1. The molecule has 4 rings (SSSR count). The number of piperidine rings is 1. The smallest absolute Gasteiger partial charge is 0.274 e. The minimum atomic E-state index is -3.24. The molecule has 0 bridgehead atoms. The van der Waals surface area contributed by atoms with Gasteiger partial charge < -0.3 is 43.0 Å². The molecule has 9 N–H and O–H groups in total. The maximum absolute atomic E-state index is 15.5. The Kier molecular flexibility index (Phi) is 15.3. The number of nitrogens with two attached hydrogens (primary N) is 3. The summed E-state index contributed by atoms with van der Waals surface area (Å²) in [5.74, 6) is -6.08. The molecular weight excluding hydrogens is 710 g/mol. The van der Waals surface area contributed by atoms with Crippen LogP contribution < -0.4 is 33.2 Å². The van der Waals surface area contributed by atoms with Gasteiger partial charge in [-0.25, -0.2) is 8.78 Å². The van der Waals surface area contributed by atoms with Crippen LogP contribution in [0, 0.1) is 11.3 Å². The van der Waals surface area contributed by atoms with E-state index in [0.29, 0.717) is 19.4 Å². The summed E-state index contributed by atoms with van der Waals surface area (Å²) in [6, 6.07) is 13.3. The van der Waals surface area contributed by atoms with Crippen molar-refractivity contribution in [1.82, 2.24) is 25.8 Å². The molecule has 0 saturated carbocycles. The molecule has 13 nitrogen and oxygen atoms in total. The molecule has 2 heterocycles. The van der Waals surface area contributed by atoms with Crippen molar-refractivity contribution >= 4 is 29.5 Å². The highest BCUT2D eigenvalue weighted by Gasteiger charge is 2.64.